The Morgan fingerprint density at radius 1 is 0.630 bits per heavy atom. The van der Waals surface area contributed by atoms with E-state index in [-0.39, 0.29) is 0 Å². The van der Waals surface area contributed by atoms with Gasteiger partial charge >= 0.3 is 29.8 Å². The van der Waals surface area contributed by atoms with Gasteiger partial charge in [0, 0.05) is 34.6 Å². The smallest absolute Gasteiger partial charge is 0.303 e. The molecule has 0 heterocycles. The van der Waals surface area contributed by atoms with Gasteiger partial charge in [0.15, 0.2) is 24.5 Å². The summed E-state index contributed by atoms with van der Waals surface area (Å²) in [6.07, 6.45) is -7.26. The van der Waals surface area contributed by atoms with Crippen molar-refractivity contribution in [2.45, 2.75) is 59.1 Å². The third-order valence-corrected chi connectivity index (χ3v) is 2.87. The normalized spacial score (nSPS) is 14.7. The minimum atomic E-state index is -2.27. The molecule has 0 saturated heterocycles. The third kappa shape index (κ3) is 10.8. The highest BCUT2D eigenvalue weighted by atomic mass is 19.1. The van der Waals surface area contributed by atoms with E-state index in [0.29, 0.717) is 0 Å². The molecule has 0 aromatic carbocycles. The number of hydrogen-bond donors (Lipinski definition) is 0. The van der Waals surface area contributed by atoms with Gasteiger partial charge in [0.05, 0.1) is 0 Å². The number of halogens is 1. The van der Waals surface area contributed by atoms with Gasteiger partial charge in [-0.2, -0.15) is 0 Å². The number of carbonyl (C=O) groups excluding carboxylic acids is 5. The lowest BCUT2D eigenvalue weighted by Crippen LogP contribution is -2.50. The van der Waals surface area contributed by atoms with E-state index >= 15 is 4.39 Å². The van der Waals surface area contributed by atoms with Crippen molar-refractivity contribution in [3.63, 3.8) is 0 Å². The molecule has 0 amide bonds. The van der Waals surface area contributed by atoms with Crippen LogP contribution in [0.4, 0.5) is 4.39 Å². The molecule has 4 atom stereocenters. The number of hydrogen-bond acceptors (Lipinski definition) is 10. The molecule has 11 heteroatoms. The van der Waals surface area contributed by atoms with Gasteiger partial charge in [0.25, 0.3) is 0 Å². The maximum absolute atomic E-state index is 15.1. The highest BCUT2D eigenvalue weighted by Crippen LogP contribution is 2.20. The fraction of sp³-hybridized carbons (Fsp3) is 0.688. The van der Waals surface area contributed by atoms with E-state index in [2.05, 4.69) is 4.74 Å². The summed E-state index contributed by atoms with van der Waals surface area (Å²) in [5, 5.41) is 0. The molecule has 0 unspecified atom stereocenters. The second kappa shape index (κ2) is 11.8. The van der Waals surface area contributed by atoms with Gasteiger partial charge in [-0.05, 0) is 0 Å². The molecule has 0 aliphatic carbocycles. The van der Waals surface area contributed by atoms with Crippen molar-refractivity contribution in [2.24, 2.45) is 0 Å². The number of carbonyl (C=O) groups is 5. The highest BCUT2D eigenvalue weighted by Gasteiger charge is 2.42. The summed E-state index contributed by atoms with van der Waals surface area (Å²) in [6.45, 7) is 3.83. The predicted molar refractivity (Wildman–Crippen MR) is 84.8 cm³/mol. The molecule has 0 bridgehead atoms. The first kappa shape index (κ1) is 24.3. The van der Waals surface area contributed by atoms with Crippen LogP contribution in [-0.4, -0.2) is 67.5 Å². The van der Waals surface area contributed by atoms with Crippen LogP contribution in [0.3, 0.4) is 0 Å². The lowest BCUT2D eigenvalue weighted by atomic mass is 10.0. The van der Waals surface area contributed by atoms with Crippen molar-refractivity contribution in [1.82, 2.24) is 0 Å². The molecule has 0 aliphatic heterocycles. The van der Waals surface area contributed by atoms with E-state index < -0.39 is 67.5 Å². The minimum absolute atomic E-state index is 0.617. The van der Waals surface area contributed by atoms with Gasteiger partial charge in [-0.1, -0.05) is 0 Å². The Hall–Kier alpha value is -2.72. The average molecular weight is 394 g/mol. The largest absolute Gasteiger partial charge is 0.462 e. The number of esters is 5. The Morgan fingerprint density at radius 2 is 1.00 bits per heavy atom. The molecule has 0 saturated carbocycles. The number of rotatable bonds is 10. The van der Waals surface area contributed by atoms with E-state index in [4.69, 9.17) is 18.9 Å². The first-order valence-electron chi connectivity index (χ1n) is 7.86. The fourth-order valence-electron chi connectivity index (χ4n) is 1.96. The summed E-state index contributed by atoms with van der Waals surface area (Å²) in [6, 6.07) is 0. The van der Waals surface area contributed by atoms with Crippen molar-refractivity contribution in [2.75, 3.05) is 13.2 Å². The third-order valence-electron chi connectivity index (χ3n) is 2.87. The van der Waals surface area contributed by atoms with Crippen LogP contribution in [0.5, 0.6) is 0 Å². The van der Waals surface area contributed by atoms with Gasteiger partial charge in [-0.15, -0.1) is 0 Å². The molecule has 0 aliphatic rings. The van der Waals surface area contributed by atoms with Crippen LogP contribution in [0.1, 0.15) is 34.6 Å². The minimum Gasteiger partial charge on any atom is -0.462 e. The van der Waals surface area contributed by atoms with Crippen LogP contribution in [-0.2, 0) is 47.7 Å². The lowest BCUT2D eigenvalue weighted by Gasteiger charge is -2.31. The van der Waals surface area contributed by atoms with Crippen molar-refractivity contribution in [3.8, 4) is 0 Å². The summed E-state index contributed by atoms with van der Waals surface area (Å²) in [5.74, 6) is -4.20. The summed E-state index contributed by atoms with van der Waals surface area (Å²) in [7, 11) is 0. The summed E-state index contributed by atoms with van der Waals surface area (Å²) in [5.41, 5.74) is 0. The van der Waals surface area contributed by atoms with Crippen LogP contribution in [0.25, 0.3) is 0 Å². The van der Waals surface area contributed by atoms with Crippen molar-refractivity contribution >= 4 is 29.8 Å². The second-order valence-electron chi connectivity index (χ2n) is 5.42. The Bertz CT molecular complexity index is 561. The maximum atomic E-state index is 15.1. The molecule has 0 N–H and O–H groups in total. The average Bonchev–Trinajstić information content (AvgIpc) is 2.51. The van der Waals surface area contributed by atoms with Gasteiger partial charge in [-0.25, -0.2) is 4.39 Å². The molecule has 0 spiro atoms. The van der Waals surface area contributed by atoms with Crippen LogP contribution < -0.4 is 0 Å². The Kier molecular flexibility index (Phi) is 10.6. The molecule has 10 nitrogen and oxygen atoms in total. The van der Waals surface area contributed by atoms with Crippen LogP contribution in [0.2, 0.25) is 0 Å². The molecule has 0 aromatic rings. The van der Waals surface area contributed by atoms with Gasteiger partial charge in [-0.3, -0.25) is 24.0 Å². The Labute approximate surface area is 155 Å². The second-order valence-corrected chi connectivity index (χ2v) is 5.42. The summed E-state index contributed by atoms with van der Waals surface area (Å²) >= 11 is 0. The van der Waals surface area contributed by atoms with Gasteiger partial charge in [0.2, 0.25) is 0 Å². The summed E-state index contributed by atoms with van der Waals surface area (Å²) in [4.78, 5) is 55.9. The van der Waals surface area contributed by atoms with E-state index in [1.54, 1.807) is 0 Å². The highest BCUT2D eigenvalue weighted by molar-refractivity contribution is 5.68. The van der Waals surface area contributed by atoms with E-state index in [1.807, 2.05) is 0 Å². The van der Waals surface area contributed by atoms with Crippen LogP contribution in [0, 0.1) is 0 Å². The first-order valence-corrected chi connectivity index (χ1v) is 7.86. The molecular weight excluding hydrogens is 371 g/mol. The van der Waals surface area contributed by atoms with Crippen LogP contribution in [0.15, 0.2) is 0 Å². The van der Waals surface area contributed by atoms with Gasteiger partial charge < -0.3 is 23.7 Å². The lowest BCUT2D eigenvalue weighted by molar-refractivity contribution is -0.189. The summed E-state index contributed by atoms with van der Waals surface area (Å²) < 4.78 is 38.9. The standard InChI is InChI=1S/C16H23FO10/c1-8(18)23-6-13(25-10(3)20)15(17)16(27-12(5)22)14(26-11(4)21)7-24-9(2)19/h13-16H,6-7H2,1-5H3/t13-,14+,15+,16+/m0/s1. The van der Waals surface area contributed by atoms with Crippen molar-refractivity contribution in [1.29, 1.82) is 0 Å². The van der Waals surface area contributed by atoms with Crippen molar-refractivity contribution in [3.05, 3.63) is 0 Å². The van der Waals surface area contributed by atoms with E-state index in [1.165, 1.54) is 0 Å². The zero-order valence-electron chi connectivity index (χ0n) is 15.7. The Balaban J connectivity index is 5.64. The molecule has 27 heavy (non-hydrogen) atoms. The molecule has 0 rings (SSSR count). The quantitative estimate of drug-likeness (QED) is 0.375. The van der Waals surface area contributed by atoms with E-state index in [0.717, 1.165) is 34.6 Å². The molecular formula is C16H23FO10. The van der Waals surface area contributed by atoms with Crippen LogP contribution >= 0.6 is 0 Å². The monoisotopic (exact) mass is 394 g/mol. The molecule has 154 valence electrons. The van der Waals surface area contributed by atoms with Crippen molar-refractivity contribution < 1.29 is 52.0 Å². The zero-order chi connectivity index (χ0) is 21.1. The number of alkyl halides is 1. The first-order chi connectivity index (χ1) is 12.4. The zero-order valence-corrected chi connectivity index (χ0v) is 15.7. The molecule has 0 radical (unpaired) electrons. The maximum Gasteiger partial charge on any atom is 0.303 e. The fourth-order valence-corrected chi connectivity index (χ4v) is 1.96. The SMILES string of the molecule is CC(=O)OC[C@H](OC(C)=O)[C@@H](F)[C@H](OC(C)=O)[C@@H](COC(C)=O)OC(C)=O. The van der Waals surface area contributed by atoms with Gasteiger partial charge in [0.1, 0.15) is 13.2 Å². The van der Waals surface area contributed by atoms with E-state index in [9.17, 15) is 24.0 Å². The molecule has 0 fully saturated rings. The number of ether oxygens (including phenoxy) is 5. The topological polar surface area (TPSA) is 132 Å². The molecule has 0 aromatic heterocycles. The predicted octanol–water partition coefficient (Wildman–Crippen LogP) is 0.246. The Morgan fingerprint density at radius 3 is 1.37 bits per heavy atom.